The predicted octanol–water partition coefficient (Wildman–Crippen LogP) is -1.76. The van der Waals surface area contributed by atoms with Gasteiger partial charge in [-0.05, 0) is 0 Å². The number of carboxylic acids is 1. The monoisotopic (exact) mass is 239 g/mol. The number of aliphatic hydroxyl groups is 1. The molecule has 0 spiro atoms. The number of hydrogen-bond acceptors (Lipinski definition) is 5. The molecule has 0 rings (SSSR count). The molecule has 0 saturated carbocycles. The van der Waals surface area contributed by atoms with Crippen molar-refractivity contribution in [2.24, 2.45) is 5.90 Å². The second-order valence-corrected chi connectivity index (χ2v) is 1.55. The van der Waals surface area contributed by atoms with E-state index in [1.165, 1.54) is 0 Å². The fourth-order valence-corrected chi connectivity index (χ4v) is 0.293. The first-order valence-corrected chi connectivity index (χ1v) is 2.38. The molecular formula is C4H7NO5Zr. The molecule has 62 valence electrons. The van der Waals surface area contributed by atoms with Crippen molar-refractivity contribution in [1.82, 2.24) is 0 Å². The predicted molar refractivity (Wildman–Crippen MR) is 28.5 cm³/mol. The van der Waals surface area contributed by atoms with Gasteiger partial charge in [-0.3, -0.25) is 4.79 Å². The maximum atomic E-state index is 10.2. The van der Waals surface area contributed by atoms with Gasteiger partial charge in [0.2, 0.25) is 0 Å². The van der Waals surface area contributed by atoms with E-state index in [2.05, 4.69) is 10.7 Å². The van der Waals surface area contributed by atoms with Crippen LogP contribution in [0.2, 0.25) is 0 Å². The van der Waals surface area contributed by atoms with Crippen molar-refractivity contribution in [3.8, 4) is 0 Å². The Bertz CT molecular complexity index is 149. The number of aliphatic carboxylic acids is 1. The molecule has 0 aliphatic heterocycles. The number of carboxylic acid groups (broad SMARTS) is 1. The van der Waals surface area contributed by atoms with Gasteiger partial charge in [0, 0.05) is 26.2 Å². The molecule has 11 heavy (non-hydrogen) atoms. The smallest absolute Gasteiger partial charge is 0.333 e. The van der Waals surface area contributed by atoms with Gasteiger partial charge in [0.25, 0.3) is 0 Å². The van der Waals surface area contributed by atoms with E-state index in [-0.39, 0.29) is 26.2 Å². The van der Waals surface area contributed by atoms with Gasteiger partial charge in [0.15, 0.2) is 6.10 Å². The van der Waals surface area contributed by atoms with Crippen LogP contribution in [-0.4, -0.2) is 28.3 Å². The molecule has 1 atom stereocenters. The van der Waals surface area contributed by atoms with Crippen LogP contribution in [0, 0.1) is 0 Å². The summed E-state index contributed by atoms with van der Waals surface area (Å²) < 4.78 is 0. The van der Waals surface area contributed by atoms with E-state index in [1.54, 1.807) is 0 Å². The first kappa shape index (κ1) is 13.3. The first-order chi connectivity index (χ1) is 4.57. The average molecular weight is 240 g/mol. The van der Waals surface area contributed by atoms with Crippen LogP contribution >= 0.6 is 0 Å². The van der Waals surface area contributed by atoms with E-state index < -0.39 is 24.5 Å². The Morgan fingerprint density at radius 1 is 1.55 bits per heavy atom. The zero-order valence-corrected chi connectivity index (χ0v) is 7.94. The third kappa shape index (κ3) is 6.15. The van der Waals surface area contributed by atoms with E-state index in [9.17, 15) is 9.59 Å². The Morgan fingerprint density at radius 2 is 2.00 bits per heavy atom. The van der Waals surface area contributed by atoms with E-state index in [0.717, 1.165) is 0 Å². The van der Waals surface area contributed by atoms with Crippen LogP contribution in [0.3, 0.4) is 0 Å². The molecule has 6 nitrogen and oxygen atoms in total. The van der Waals surface area contributed by atoms with Crippen molar-refractivity contribution in [2.75, 3.05) is 0 Å². The molecule has 0 aromatic rings. The summed E-state index contributed by atoms with van der Waals surface area (Å²) in [5.41, 5.74) is 0. The maximum absolute atomic E-state index is 10.2. The van der Waals surface area contributed by atoms with Crippen LogP contribution in [0.1, 0.15) is 6.42 Å². The Morgan fingerprint density at radius 3 is 2.27 bits per heavy atom. The molecule has 0 aromatic carbocycles. The Kier molecular flexibility index (Phi) is 7.83. The van der Waals surface area contributed by atoms with Crippen LogP contribution in [0.25, 0.3) is 0 Å². The number of aliphatic hydroxyl groups excluding tert-OH is 1. The van der Waals surface area contributed by atoms with Crippen LogP contribution in [0.4, 0.5) is 0 Å². The van der Waals surface area contributed by atoms with Crippen molar-refractivity contribution >= 4 is 11.9 Å². The van der Waals surface area contributed by atoms with Crippen LogP contribution in [0.5, 0.6) is 0 Å². The Labute approximate surface area is 81.4 Å². The zero-order chi connectivity index (χ0) is 8.15. The summed E-state index contributed by atoms with van der Waals surface area (Å²) in [5.74, 6) is 1.92. The second-order valence-electron chi connectivity index (χ2n) is 1.55. The van der Waals surface area contributed by atoms with Crippen molar-refractivity contribution in [2.45, 2.75) is 12.5 Å². The largest absolute Gasteiger partial charge is 0.479 e. The third-order valence-electron chi connectivity index (χ3n) is 0.777. The SMILES string of the molecule is NOC(=O)CC(O)C(=O)O.[Zr]. The maximum Gasteiger partial charge on any atom is 0.333 e. The Balaban J connectivity index is 0. The van der Waals surface area contributed by atoms with E-state index in [0.29, 0.717) is 0 Å². The third-order valence-corrected chi connectivity index (χ3v) is 0.777. The van der Waals surface area contributed by atoms with E-state index in [1.807, 2.05) is 0 Å². The summed E-state index contributed by atoms with van der Waals surface area (Å²) in [6, 6.07) is 0. The van der Waals surface area contributed by atoms with Gasteiger partial charge in [0.05, 0.1) is 6.42 Å². The van der Waals surface area contributed by atoms with Crippen molar-refractivity contribution in [1.29, 1.82) is 0 Å². The fourth-order valence-electron chi connectivity index (χ4n) is 0.293. The topological polar surface area (TPSA) is 110 Å². The standard InChI is InChI=1S/C4H7NO5.Zr/c5-10-3(7)1-2(6)4(8)9;/h2,6H,1,5H2,(H,8,9);. The summed E-state index contributed by atoms with van der Waals surface area (Å²) in [5, 5.41) is 16.5. The van der Waals surface area contributed by atoms with Gasteiger partial charge in [-0.1, -0.05) is 0 Å². The van der Waals surface area contributed by atoms with Crippen molar-refractivity contribution < 1.29 is 50.8 Å². The van der Waals surface area contributed by atoms with Gasteiger partial charge < -0.3 is 15.1 Å². The van der Waals surface area contributed by atoms with Crippen molar-refractivity contribution in [3.05, 3.63) is 0 Å². The fraction of sp³-hybridized carbons (Fsp3) is 0.500. The molecule has 0 bridgehead atoms. The van der Waals surface area contributed by atoms with E-state index in [4.69, 9.17) is 10.2 Å². The summed E-state index contributed by atoms with van der Waals surface area (Å²) in [6.45, 7) is 0. The summed E-state index contributed by atoms with van der Waals surface area (Å²) in [6.07, 6.45) is -2.37. The zero-order valence-electron chi connectivity index (χ0n) is 5.48. The second kappa shape index (κ2) is 6.45. The molecule has 0 fully saturated rings. The van der Waals surface area contributed by atoms with Gasteiger partial charge in [0.1, 0.15) is 0 Å². The average Bonchev–Trinajstić information content (AvgIpc) is 1.87. The quantitative estimate of drug-likeness (QED) is 0.504. The molecule has 0 radical (unpaired) electrons. The van der Waals surface area contributed by atoms with Crippen LogP contribution in [0.15, 0.2) is 0 Å². The van der Waals surface area contributed by atoms with Gasteiger partial charge in [-0.25, -0.2) is 4.79 Å². The molecule has 0 saturated heterocycles. The molecule has 0 aromatic heterocycles. The molecule has 4 N–H and O–H groups in total. The first-order valence-electron chi connectivity index (χ1n) is 2.38. The molecular weight excluding hydrogens is 233 g/mol. The number of nitrogens with two attached hydrogens (primary N) is 1. The normalized spacial score (nSPS) is 11.1. The van der Waals surface area contributed by atoms with Crippen LogP contribution in [-0.2, 0) is 40.6 Å². The molecule has 0 aliphatic rings. The molecule has 1 unspecified atom stereocenters. The minimum atomic E-state index is -1.74. The van der Waals surface area contributed by atoms with Crippen LogP contribution < -0.4 is 5.90 Å². The van der Waals surface area contributed by atoms with Gasteiger partial charge in [-0.15, -0.1) is 0 Å². The summed E-state index contributed by atoms with van der Waals surface area (Å²) in [4.78, 5) is 23.6. The molecule has 0 aliphatic carbocycles. The van der Waals surface area contributed by atoms with E-state index >= 15 is 0 Å². The molecule has 0 amide bonds. The van der Waals surface area contributed by atoms with Crippen molar-refractivity contribution in [3.63, 3.8) is 0 Å². The molecule has 0 heterocycles. The minimum absolute atomic E-state index is 0. The minimum Gasteiger partial charge on any atom is -0.479 e. The van der Waals surface area contributed by atoms with Gasteiger partial charge in [-0.2, -0.15) is 5.90 Å². The summed E-state index contributed by atoms with van der Waals surface area (Å²) in [7, 11) is 0. The Hall–Kier alpha value is -0.257. The number of rotatable bonds is 3. The number of carbonyl (C=O) groups is 2. The number of carbonyl (C=O) groups excluding carboxylic acids is 1. The molecule has 7 heteroatoms. The summed E-state index contributed by atoms with van der Waals surface area (Å²) >= 11 is 0. The number of hydrogen-bond donors (Lipinski definition) is 3. The van der Waals surface area contributed by atoms with Gasteiger partial charge >= 0.3 is 11.9 Å².